The van der Waals surface area contributed by atoms with Crippen molar-refractivity contribution in [2.75, 3.05) is 20.1 Å². The molecule has 0 aromatic heterocycles. The monoisotopic (exact) mass is 239 g/mol. The minimum atomic E-state index is -0.403. The van der Waals surface area contributed by atoms with E-state index in [1.807, 2.05) is 6.92 Å². The van der Waals surface area contributed by atoms with Crippen molar-refractivity contribution in [3.63, 3.8) is 0 Å². The van der Waals surface area contributed by atoms with Crippen LogP contribution in [0.15, 0.2) is 0 Å². The maximum atomic E-state index is 9.23. The maximum Gasteiger partial charge on any atom is 0.105 e. The molecule has 0 fully saturated rings. The Bertz CT molecular complexity index is 242. The van der Waals surface area contributed by atoms with Gasteiger partial charge in [0.2, 0.25) is 0 Å². The Morgan fingerprint density at radius 3 is 2.24 bits per heavy atom. The van der Waals surface area contributed by atoms with Gasteiger partial charge >= 0.3 is 0 Å². The number of hydrogen-bond donors (Lipinski definition) is 1. The Labute approximate surface area is 107 Å². The summed E-state index contributed by atoms with van der Waals surface area (Å²) in [5, 5.41) is 12.6. The Morgan fingerprint density at radius 2 is 1.82 bits per heavy atom. The Kier molecular flexibility index (Phi) is 7.41. The smallest absolute Gasteiger partial charge is 0.105 e. The van der Waals surface area contributed by atoms with Crippen molar-refractivity contribution in [1.29, 1.82) is 5.26 Å². The largest absolute Gasteiger partial charge is 0.306 e. The molecule has 0 saturated heterocycles. The molecular weight excluding hydrogens is 210 g/mol. The van der Waals surface area contributed by atoms with Gasteiger partial charge in [0.05, 0.1) is 6.07 Å². The predicted octanol–water partition coefficient (Wildman–Crippen LogP) is 2.63. The standard InChI is InChI=1S/C14H29N3/c1-12(2)7-9-17(6)10-8-14(5,11-15)16-13(3)4/h12-13,16H,7-10H2,1-6H3. The van der Waals surface area contributed by atoms with Gasteiger partial charge in [-0.25, -0.2) is 0 Å². The van der Waals surface area contributed by atoms with E-state index in [2.05, 4.69) is 51.0 Å². The molecule has 3 heteroatoms. The van der Waals surface area contributed by atoms with Crippen LogP contribution < -0.4 is 5.32 Å². The van der Waals surface area contributed by atoms with Gasteiger partial charge in [0.1, 0.15) is 5.54 Å². The molecule has 0 aliphatic carbocycles. The van der Waals surface area contributed by atoms with Crippen LogP contribution in [-0.2, 0) is 0 Å². The molecule has 0 radical (unpaired) electrons. The summed E-state index contributed by atoms with van der Waals surface area (Å²) in [5.74, 6) is 0.744. The van der Waals surface area contributed by atoms with Gasteiger partial charge in [0.25, 0.3) is 0 Å². The van der Waals surface area contributed by atoms with E-state index in [0.717, 1.165) is 25.4 Å². The third kappa shape index (κ3) is 8.18. The summed E-state index contributed by atoms with van der Waals surface area (Å²) in [7, 11) is 2.13. The zero-order valence-corrected chi connectivity index (χ0v) is 12.4. The number of nitrogens with zero attached hydrogens (tertiary/aromatic N) is 2. The molecule has 0 rings (SSSR count). The van der Waals surface area contributed by atoms with Gasteiger partial charge in [0, 0.05) is 12.6 Å². The van der Waals surface area contributed by atoms with Gasteiger partial charge in [-0.3, -0.25) is 5.32 Å². The lowest BCUT2D eigenvalue weighted by Gasteiger charge is -2.28. The van der Waals surface area contributed by atoms with E-state index in [-0.39, 0.29) is 0 Å². The zero-order chi connectivity index (χ0) is 13.5. The SMILES string of the molecule is CC(C)CCN(C)CCC(C)(C#N)NC(C)C. The van der Waals surface area contributed by atoms with Crippen LogP contribution in [0, 0.1) is 17.2 Å². The number of nitriles is 1. The van der Waals surface area contributed by atoms with Crippen molar-refractivity contribution >= 4 is 0 Å². The van der Waals surface area contributed by atoms with Crippen LogP contribution in [0.3, 0.4) is 0 Å². The molecular formula is C14H29N3. The van der Waals surface area contributed by atoms with E-state index in [4.69, 9.17) is 0 Å². The molecule has 1 atom stereocenters. The van der Waals surface area contributed by atoms with E-state index in [9.17, 15) is 5.26 Å². The average Bonchev–Trinajstić information content (AvgIpc) is 2.22. The highest BCUT2D eigenvalue weighted by Crippen LogP contribution is 2.11. The van der Waals surface area contributed by atoms with Crippen molar-refractivity contribution in [3.8, 4) is 6.07 Å². The average molecular weight is 239 g/mol. The topological polar surface area (TPSA) is 39.1 Å². The third-order valence-corrected chi connectivity index (χ3v) is 2.94. The molecule has 17 heavy (non-hydrogen) atoms. The first-order chi connectivity index (χ1) is 7.79. The van der Waals surface area contributed by atoms with Gasteiger partial charge in [0.15, 0.2) is 0 Å². The van der Waals surface area contributed by atoms with Gasteiger partial charge in [-0.15, -0.1) is 0 Å². The lowest BCUT2D eigenvalue weighted by molar-refractivity contribution is 0.268. The fourth-order valence-corrected chi connectivity index (χ4v) is 1.80. The van der Waals surface area contributed by atoms with Crippen molar-refractivity contribution in [2.24, 2.45) is 5.92 Å². The minimum absolute atomic E-state index is 0.348. The molecule has 0 heterocycles. The molecule has 3 nitrogen and oxygen atoms in total. The van der Waals surface area contributed by atoms with Crippen LogP contribution in [0.5, 0.6) is 0 Å². The molecule has 0 saturated carbocycles. The molecule has 0 aromatic carbocycles. The van der Waals surface area contributed by atoms with Gasteiger partial charge in [-0.1, -0.05) is 13.8 Å². The van der Waals surface area contributed by atoms with Crippen LogP contribution in [0.4, 0.5) is 0 Å². The summed E-state index contributed by atoms with van der Waals surface area (Å²) in [5.41, 5.74) is -0.403. The van der Waals surface area contributed by atoms with Crippen LogP contribution in [0.1, 0.15) is 47.5 Å². The van der Waals surface area contributed by atoms with Gasteiger partial charge < -0.3 is 4.90 Å². The van der Waals surface area contributed by atoms with Gasteiger partial charge in [-0.05, 0) is 53.1 Å². The summed E-state index contributed by atoms with van der Waals surface area (Å²) in [6.45, 7) is 12.7. The highest BCUT2D eigenvalue weighted by molar-refractivity contribution is 5.04. The molecule has 100 valence electrons. The fourth-order valence-electron chi connectivity index (χ4n) is 1.80. The minimum Gasteiger partial charge on any atom is -0.306 e. The van der Waals surface area contributed by atoms with Crippen LogP contribution in [0.25, 0.3) is 0 Å². The zero-order valence-electron chi connectivity index (χ0n) is 12.4. The molecule has 0 bridgehead atoms. The van der Waals surface area contributed by atoms with E-state index in [0.29, 0.717) is 6.04 Å². The summed E-state index contributed by atoms with van der Waals surface area (Å²) in [4.78, 5) is 2.32. The second kappa shape index (κ2) is 7.68. The molecule has 0 aromatic rings. The van der Waals surface area contributed by atoms with Crippen LogP contribution in [-0.4, -0.2) is 36.6 Å². The van der Waals surface area contributed by atoms with E-state index < -0.39 is 5.54 Å². The van der Waals surface area contributed by atoms with E-state index in [1.165, 1.54) is 6.42 Å². The number of nitrogens with one attached hydrogen (secondary N) is 1. The van der Waals surface area contributed by atoms with Crippen molar-refractivity contribution in [2.45, 2.75) is 59.0 Å². The summed E-state index contributed by atoms with van der Waals surface area (Å²) in [6.07, 6.45) is 2.09. The van der Waals surface area contributed by atoms with Crippen molar-refractivity contribution < 1.29 is 0 Å². The first kappa shape index (κ1) is 16.4. The number of rotatable bonds is 8. The third-order valence-electron chi connectivity index (χ3n) is 2.94. The molecule has 0 spiro atoms. The van der Waals surface area contributed by atoms with Crippen LogP contribution in [0.2, 0.25) is 0 Å². The predicted molar refractivity (Wildman–Crippen MR) is 73.9 cm³/mol. The molecule has 0 amide bonds. The lowest BCUT2D eigenvalue weighted by Crippen LogP contribution is -2.46. The fraction of sp³-hybridized carbons (Fsp3) is 0.929. The summed E-state index contributed by atoms with van der Waals surface area (Å²) in [6, 6.07) is 2.74. The first-order valence-electron chi connectivity index (χ1n) is 6.66. The highest BCUT2D eigenvalue weighted by Gasteiger charge is 2.24. The molecule has 0 aliphatic heterocycles. The quantitative estimate of drug-likeness (QED) is 0.708. The second-order valence-electron chi connectivity index (χ2n) is 5.98. The van der Waals surface area contributed by atoms with E-state index in [1.54, 1.807) is 0 Å². The van der Waals surface area contributed by atoms with Gasteiger partial charge in [-0.2, -0.15) is 5.26 Å². The summed E-state index contributed by atoms with van der Waals surface area (Å²) < 4.78 is 0. The van der Waals surface area contributed by atoms with Crippen molar-refractivity contribution in [1.82, 2.24) is 10.2 Å². The van der Waals surface area contributed by atoms with Crippen LogP contribution >= 0.6 is 0 Å². The normalized spacial score (nSPS) is 15.3. The summed E-state index contributed by atoms with van der Waals surface area (Å²) >= 11 is 0. The Balaban J connectivity index is 4.02. The highest BCUT2D eigenvalue weighted by atomic mass is 15.1. The van der Waals surface area contributed by atoms with E-state index >= 15 is 0 Å². The second-order valence-corrected chi connectivity index (χ2v) is 5.98. The first-order valence-corrected chi connectivity index (χ1v) is 6.66. The number of hydrogen-bond acceptors (Lipinski definition) is 3. The Morgan fingerprint density at radius 1 is 1.24 bits per heavy atom. The van der Waals surface area contributed by atoms with Crippen molar-refractivity contribution in [3.05, 3.63) is 0 Å². The molecule has 0 aliphatic rings. The molecule has 1 N–H and O–H groups in total. The maximum absolute atomic E-state index is 9.23. The lowest BCUT2D eigenvalue weighted by atomic mass is 9.98. The Hall–Kier alpha value is -0.590. The molecule has 1 unspecified atom stereocenters.